The molecule has 4 heterocycles. The molecule has 0 amide bonds. The fourth-order valence-electron chi connectivity index (χ4n) is 8.73. The molecule has 0 aliphatic rings. The van der Waals surface area contributed by atoms with E-state index in [1.54, 1.807) is 0 Å². The second kappa shape index (κ2) is 11.9. The van der Waals surface area contributed by atoms with Gasteiger partial charge in [0.15, 0.2) is 11.6 Å². The van der Waals surface area contributed by atoms with E-state index in [1.165, 1.54) is 10.8 Å². The Morgan fingerprint density at radius 2 is 1.04 bits per heavy atom. The first-order valence-electron chi connectivity index (χ1n) is 18.8. The van der Waals surface area contributed by atoms with Crippen molar-refractivity contribution in [3.05, 3.63) is 188 Å². The molecule has 0 aliphatic heterocycles. The number of fused-ring (bicyclic) bond motifs is 10. The molecule has 0 bridgehead atoms. The molecule has 0 radical (unpaired) electrons. The van der Waals surface area contributed by atoms with Crippen LogP contribution in [0.15, 0.2) is 192 Å². The Kier molecular flexibility index (Phi) is 6.53. The quantitative estimate of drug-likeness (QED) is 0.178. The number of rotatable bonds is 5. The lowest BCUT2D eigenvalue weighted by atomic mass is 10.1. The van der Waals surface area contributed by atoms with Crippen LogP contribution in [0.3, 0.4) is 0 Å². The summed E-state index contributed by atoms with van der Waals surface area (Å²) in [6.45, 7) is 0. The Morgan fingerprint density at radius 3 is 1.86 bits per heavy atom. The first kappa shape index (κ1) is 30.7. The van der Waals surface area contributed by atoms with Crippen molar-refractivity contribution in [1.82, 2.24) is 23.9 Å². The molecule has 0 N–H and O–H groups in total. The molecule has 0 spiro atoms. The highest BCUT2D eigenvalue weighted by Gasteiger charge is 2.23. The first-order chi connectivity index (χ1) is 27.8. The number of hydrogen-bond donors (Lipinski definition) is 0. The molecular formula is C50H31N5O. The minimum atomic E-state index is 0.684. The van der Waals surface area contributed by atoms with Crippen molar-refractivity contribution < 1.29 is 4.42 Å². The molecule has 12 rings (SSSR count). The van der Waals surface area contributed by atoms with Crippen LogP contribution in [0.2, 0.25) is 0 Å². The Labute approximate surface area is 320 Å². The van der Waals surface area contributed by atoms with Gasteiger partial charge in [-0.15, -0.1) is 5.10 Å². The highest BCUT2D eigenvalue weighted by atomic mass is 16.3. The number of benzene rings is 8. The maximum atomic E-state index is 6.41. The van der Waals surface area contributed by atoms with Gasteiger partial charge in [-0.2, -0.15) is 0 Å². The summed E-state index contributed by atoms with van der Waals surface area (Å²) in [5.74, 6) is 1.47. The number of hydrogen-bond acceptors (Lipinski definition) is 3. The van der Waals surface area contributed by atoms with Gasteiger partial charge < -0.3 is 13.6 Å². The van der Waals surface area contributed by atoms with Gasteiger partial charge in [0.1, 0.15) is 11.2 Å². The third-order valence-corrected chi connectivity index (χ3v) is 11.1. The highest BCUT2D eigenvalue weighted by Crippen LogP contribution is 2.42. The largest absolute Gasteiger partial charge is 0.456 e. The lowest BCUT2D eigenvalue weighted by Crippen LogP contribution is -2.00. The topological polar surface area (TPSA) is 53.7 Å². The standard InChI is InChI=1S/C50H31N5O/c1-3-15-32(16-4-1)49-51-50(55(52-49)33-17-5-2-6-18-33)40-24-14-27-43-46(40)38-22-8-11-26-42(38)53(43)34-19-13-20-35(31-34)54-41-25-10-7-21-36(41)37-29-30-45-47(48(37)54)39-23-9-12-28-44(39)56-45/h1-31H. The average molecular weight is 718 g/mol. The van der Waals surface area contributed by atoms with E-state index in [0.29, 0.717) is 5.82 Å². The molecule has 0 aliphatic carbocycles. The zero-order valence-corrected chi connectivity index (χ0v) is 30.0. The minimum absolute atomic E-state index is 0.684. The van der Waals surface area contributed by atoms with E-state index in [4.69, 9.17) is 14.5 Å². The van der Waals surface area contributed by atoms with Gasteiger partial charge in [0, 0.05) is 49.4 Å². The monoisotopic (exact) mass is 717 g/mol. The van der Waals surface area contributed by atoms with Crippen molar-refractivity contribution in [2.24, 2.45) is 0 Å². The fraction of sp³-hybridized carbons (Fsp3) is 0. The van der Waals surface area contributed by atoms with Crippen LogP contribution in [0, 0.1) is 0 Å². The van der Waals surface area contributed by atoms with Crippen molar-refractivity contribution in [2.45, 2.75) is 0 Å². The summed E-state index contributed by atoms with van der Waals surface area (Å²) in [4.78, 5) is 5.25. The Balaban J connectivity index is 1.12. The summed E-state index contributed by atoms with van der Waals surface area (Å²) in [6.07, 6.45) is 0. The van der Waals surface area contributed by atoms with Gasteiger partial charge in [-0.1, -0.05) is 121 Å². The van der Waals surface area contributed by atoms with Gasteiger partial charge in [0.2, 0.25) is 0 Å². The average Bonchev–Trinajstić information content (AvgIpc) is 4.04. The first-order valence-corrected chi connectivity index (χ1v) is 18.8. The maximum Gasteiger partial charge on any atom is 0.182 e. The van der Waals surface area contributed by atoms with Crippen molar-refractivity contribution in [2.75, 3.05) is 0 Å². The Morgan fingerprint density at radius 1 is 0.411 bits per heavy atom. The summed E-state index contributed by atoms with van der Waals surface area (Å²) < 4.78 is 13.2. The summed E-state index contributed by atoms with van der Waals surface area (Å²) in [5, 5.41) is 12.0. The van der Waals surface area contributed by atoms with Gasteiger partial charge in [-0.3, -0.25) is 0 Å². The molecular weight excluding hydrogens is 687 g/mol. The zero-order valence-electron chi connectivity index (χ0n) is 30.0. The third kappa shape index (κ3) is 4.44. The number of nitrogens with zero attached hydrogens (tertiary/aromatic N) is 5. The summed E-state index contributed by atoms with van der Waals surface area (Å²) >= 11 is 0. The van der Waals surface area contributed by atoms with Crippen LogP contribution >= 0.6 is 0 Å². The molecule has 0 saturated heterocycles. The van der Waals surface area contributed by atoms with Crippen LogP contribution in [-0.4, -0.2) is 23.9 Å². The molecule has 6 nitrogen and oxygen atoms in total. The molecule has 8 aromatic carbocycles. The van der Waals surface area contributed by atoms with Crippen LogP contribution in [0.5, 0.6) is 0 Å². The predicted molar refractivity (Wildman–Crippen MR) is 228 cm³/mol. The molecule has 0 saturated carbocycles. The maximum absolute atomic E-state index is 6.41. The molecule has 6 heteroatoms. The minimum Gasteiger partial charge on any atom is -0.456 e. The van der Waals surface area contributed by atoms with Crippen molar-refractivity contribution in [3.63, 3.8) is 0 Å². The van der Waals surface area contributed by atoms with E-state index in [2.05, 4.69) is 155 Å². The Bertz CT molecular complexity index is 3480. The molecule has 0 unspecified atom stereocenters. The van der Waals surface area contributed by atoms with Crippen LogP contribution in [0.4, 0.5) is 0 Å². The van der Waals surface area contributed by atoms with E-state index in [-0.39, 0.29) is 0 Å². The molecule has 0 fully saturated rings. The van der Waals surface area contributed by atoms with Gasteiger partial charge in [-0.25, -0.2) is 9.67 Å². The normalized spacial score (nSPS) is 11.9. The predicted octanol–water partition coefficient (Wildman–Crippen LogP) is 12.7. The molecule has 262 valence electrons. The summed E-state index contributed by atoms with van der Waals surface area (Å²) in [6, 6.07) is 65.9. The second-order valence-corrected chi connectivity index (χ2v) is 14.2. The van der Waals surface area contributed by atoms with E-state index in [0.717, 1.165) is 88.8 Å². The third-order valence-electron chi connectivity index (χ3n) is 11.1. The van der Waals surface area contributed by atoms with E-state index < -0.39 is 0 Å². The van der Waals surface area contributed by atoms with Crippen molar-refractivity contribution >= 4 is 65.6 Å². The highest BCUT2D eigenvalue weighted by molar-refractivity contribution is 6.24. The number of para-hydroxylation sites is 4. The summed E-state index contributed by atoms with van der Waals surface area (Å²) in [7, 11) is 0. The van der Waals surface area contributed by atoms with Crippen LogP contribution in [0.1, 0.15) is 0 Å². The van der Waals surface area contributed by atoms with E-state index in [1.807, 2.05) is 47.1 Å². The smallest absolute Gasteiger partial charge is 0.182 e. The number of furan rings is 1. The second-order valence-electron chi connectivity index (χ2n) is 14.2. The van der Waals surface area contributed by atoms with Crippen molar-refractivity contribution in [3.8, 4) is 39.8 Å². The lowest BCUT2D eigenvalue weighted by Gasteiger charge is -2.13. The molecule has 12 aromatic rings. The Hall–Kier alpha value is -7.70. The van der Waals surface area contributed by atoms with Crippen LogP contribution in [0.25, 0.3) is 105 Å². The molecule has 4 aromatic heterocycles. The van der Waals surface area contributed by atoms with Crippen molar-refractivity contribution in [1.29, 1.82) is 0 Å². The van der Waals surface area contributed by atoms with E-state index >= 15 is 0 Å². The van der Waals surface area contributed by atoms with Gasteiger partial charge in [0.05, 0.1) is 33.1 Å². The molecule has 56 heavy (non-hydrogen) atoms. The number of aromatic nitrogens is 5. The van der Waals surface area contributed by atoms with Gasteiger partial charge in [-0.05, 0) is 66.7 Å². The zero-order chi connectivity index (χ0) is 36.7. The molecule has 0 atom stereocenters. The van der Waals surface area contributed by atoms with Crippen LogP contribution < -0.4 is 0 Å². The van der Waals surface area contributed by atoms with E-state index in [9.17, 15) is 0 Å². The fourth-order valence-corrected chi connectivity index (χ4v) is 8.73. The summed E-state index contributed by atoms with van der Waals surface area (Å²) in [5.41, 5.74) is 11.4. The van der Waals surface area contributed by atoms with Crippen LogP contribution in [-0.2, 0) is 0 Å². The SMILES string of the molecule is c1ccc(-c2nc(-c3cccc4c3c3ccccc3n4-c3cccc(-n4c5ccccc5c5ccc6oc7ccccc7c6c54)c3)n(-c3ccccc3)n2)cc1. The van der Waals surface area contributed by atoms with Gasteiger partial charge in [0.25, 0.3) is 0 Å². The lowest BCUT2D eigenvalue weighted by molar-refractivity contribution is 0.669. The van der Waals surface area contributed by atoms with Gasteiger partial charge >= 0.3 is 0 Å².